The van der Waals surface area contributed by atoms with Crippen LogP contribution in [0.1, 0.15) is 5.56 Å². The number of hydrogen-bond donors (Lipinski definition) is 0. The predicted molar refractivity (Wildman–Crippen MR) is 78.1 cm³/mol. The molecule has 0 aliphatic rings. The van der Waals surface area contributed by atoms with Crippen LogP contribution in [0.25, 0.3) is 0 Å². The lowest BCUT2D eigenvalue weighted by Gasteiger charge is -2.23. The van der Waals surface area contributed by atoms with Crippen LogP contribution >= 0.6 is 0 Å². The van der Waals surface area contributed by atoms with Gasteiger partial charge in [0.25, 0.3) is 10.0 Å². The first-order chi connectivity index (χ1) is 9.55. The normalized spacial score (nSPS) is 11.3. The van der Waals surface area contributed by atoms with Crippen LogP contribution in [0, 0.1) is 6.92 Å². The molecule has 20 heavy (non-hydrogen) atoms. The summed E-state index contributed by atoms with van der Waals surface area (Å²) in [5.74, 6) is 0. The monoisotopic (exact) mass is 293 g/mol. The molecule has 0 saturated heterocycles. The lowest BCUT2D eigenvalue weighted by Crippen LogP contribution is -2.32. The predicted octanol–water partition coefficient (Wildman–Crippen LogP) is 3.16. The summed E-state index contributed by atoms with van der Waals surface area (Å²) >= 11 is 0. The summed E-state index contributed by atoms with van der Waals surface area (Å²) in [4.78, 5) is 0.167. The van der Waals surface area contributed by atoms with Gasteiger partial charge in [-0.25, -0.2) is 12.8 Å². The third kappa shape index (κ3) is 2.99. The molecule has 0 unspecified atom stereocenters. The summed E-state index contributed by atoms with van der Waals surface area (Å²) in [5, 5.41) is 0. The zero-order chi connectivity index (χ0) is 14.6. The Morgan fingerprint density at radius 3 is 2.15 bits per heavy atom. The Bertz CT molecular complexity index is 654. The first kappa shape index (κ1) is 14.5. The fraction of sp³-hybridized carbons (Fsp3) is 0.200. The molecule has 0 radical (unpaired) electrons. The molecule has 0 bridgehead atoms. The molecular formula is C15H16FNO2S. The van der Waals surface area contributed by atoms with Crippen LogP contribution in [0.15, 0.2) is 59.5 Å². The summed E-state index contributed by atoms with van der Waals surface area (Å²) in [6.07, 6.45) is 0. The number of para-hydroxylation sites is 1. The summed E-state index contributed by atoms with van der Waals surface area (Å²) in [6.45, 7) is 0.952. The van der Waals surface area contributed by atoms with Crippen LogP contribution in [0.3, 0.4) is 0 Å². The third-order valence-electron chi connectivity index (χ3n) is 2.94. The Kier molecular flexibility index (Phi) is 4.39. The molecule has 0 aliphatic heterocycles. The molecule has 0 spiro atoms. The number of rotatable bonds is 5. The maximum Gasteiger partial charge on any atom is 0.264 e. The minimum atomic E-state index is -3.74. The van der Waals surface area contributed by atoms with Gasteiger partial charge >= 0.3 is 0 Å². The molecule has 5 heteroatoms. The van der Waals surface area contributed by atoms with Crippen molar-refractivity contribution >= 4 is 15.7 Å². The quantitative estimate of drug-likeness (QED) is 0.849. The summed E-state index contributed by atoms with van der Waals surface area (Å²) in [5.41, 5.74) is 1.44. The van der Waals surface area contributed by atoms with Crippen molar-refractivity contribution in [3.05, 3.63) is 60.2 Å². The SMILES string of the molecule is Cc1ccc(S(=O)(=O)N(CCF)c2ccccc2)cc1. The number of anilines is 1. The van der Waals surface area contributed by atoms with E-state index in [2.05, 4.69) is 0 Å². The maximum absolute atomic E-state index is 12.7. The number of hydrogen-bond acceptors (Lipinski definition) is 2. The van der Waals surface area contributed by atoms with E-state index in [0.717, 1.165) is 9.87 Å². The Morgan fingerprint density at radius 2 is 1.60 bits per heavy atom. The van der Waals surface area contributed by atoms with Crippen molar-refractivity contribution in [1.82, 2.24) is 0 Å². The van der Waals surface area contributed by atoms with E-state index in [-0.39, 0.29) is 11.4 Å². The molecule has 0 aromatic heterocycles. The molecule has 106 valence electrons. The molecule has 0 fully saturated rings. The fourth-order valence-corrected chi connectivity index (χ4v) is 3.34. The van der Waals surface area contributed by atoms with Gasteiger partial charge in [0.2, 0.25) is 0 Å². The van der Waals surface area contributed by atoms with E-state index in [9.17, 15) is 12.8 Å². The van der Waals surface area contributed by atoms with Gasteiger partial charge in [-0.1, -0.05) is 35.9 Å². The van der Waals surface area contributed by atoms with Crippen LogP contribution in [0.5, 0.6) is 0 Å². The van der Waals surface area contributed by atoms with E-state index < -0.39 is 16.7 Å². The first-order valence-electron chi connectivity index (χ1n) is 6.26. The molecule has 2 aromatic carbocycles. The number of halogens is 1. The highest BCUT2D eigenvalue weighted by Gasteiger charge is 2.24. The standard InChI is InChI=1S/C15H16FNO2S/c1-13-7-9-15(10-8-13)20(18,19)17(12-11-16)14-5-3-2-4-6-14/h2-10H,11-12H2,1H3. The van der Waals surface area contributed by atoms with E-state index >= 15 is 0 Å². The number of aryl methyl sites for hydroxylation is 1. The number of sulfonamides is 1. The van der Waals surface area contributed by atoms with Gasteiger partial charge < -0.3 is 0 Å². The van der Waals surface area contributed by atoms with Crippen molar-refractivity contribution in [3.8, 4) is 0 Å². The molecule has 0 heterocycles. The molecule has 2 aromatic rings. The van der Waals surface area contributed by atoms with Crippen molar-refractivity contribution in [2.24, 2.45) is 0 Å². The molecule has 0 atom stereocenters. The highest BCUT2D eigenvalue weighted by Crippen LogP contribution is 2.23. The maximum atomic E-state index is 12.7. The minimum Gasteiger partial charge on any atom is -0.264 e. The highest BCUT2D eigenvalue weighted by atomic mass is 32.2. The second-order valence-corrected chi connectivity index (χ2v) is 6.28. The van der Waals surface area contributed by atoms with Gasteiger partial charge in [0.1, 0.15) is 6.67 Å². The van der Waals surface area contributed by atoms with E-state index in [1.807, 2.05) is 6.92 Å². The third-order valence-corrected chi connectivity index (χ3v) is 4.78. The van der Waals surface area contributed by atoms with Crippen LogP contribution in [-0.2, 0) is 10.0 Å². The zero-order valence-electron chi connectivity index (χ0n) is 11.2. The summed E-state index contributed by atoms with van der Waals surface area (Å²) in [6, 6.07) is 15.1. The second kappa shape index (κ2) is 6.05. The van der Waals surface area contributed by atoms with Gasteiger partial charge in [0.15, 0.2) is 0 Å². The largest absolute Gasteiger partial charge is 0.264 e. The second-order valence-electron chi connectivity index (χ2n) is 4.41. The van der Waals surface area contributed by atoms with E-state index in [4.69, 9.17) is 0 Å². The van der Waals surface area contributed by atoms with Crippen LogP contribution in [0.2, 0.25) is 0 Å². The fourth-order valence-electron chi connectivity index (χ4n) is 1.90. The van der Waals surface area contributed by atoms with E-state index in [1.54, 1.807) is 54.6 Å². The number of nitrogens with zero attached hydrogens (tertiary/aromatic N) is 1. The van der Waals surface area contributed by atoms with Gasteiger partial charge in [-0.05, 0) is 31.2 Å². The van der Waals surface area contributed by atoms with E-state index in [0.29, 0.717) is 5.69 Å². The molecule has 2 rings (SSSR count). The first-order valence-corrected chi connectivity index (χ1v) is 7.70. The summed E-state index contributed by atoms with van der Waals surface area (Å²) < 4.78 is 39.0. The Labute approximate surface area is 118 Å². The van der Waals surface area contributed by atoms with Crippen LogP contribution < -0.4 is 4.31 Å². The molecule has 0 aliphatic carbocycles. The Morgan fingerprint density at radius 1 is 1.00 bits per heavy atom. The van der Waals surface area contributed by atoms with E-state index in [1.165, 1.54) is 0 Å². The van der Waals surface area contributed by atoms with Gasteiger partial charge in [-0.3, -0.25) is 4.31 Å². The van der Waals surface area contributed by atoms with Gasteiger partial charge in [-0.15, -0.1) is 0 Å². The van der Waals surface area contributed by atoms with Crippen molar-refractivity contribution in [1.29, 1.82) is 0 Å². The molecule has 0 amide bonds. The topological polar surface area (TPSA) is 37.4 Å². The van der Waals surface area contributed by atoms with Crippen molar-refractivity contribution in [2.45, 2.75) is 11.8 Å². The van der Waals surface area contributed by atoms with Gasteiger partial charge in [-0.2, -0.15) is 0 Å². The Hall–Kier alpha value is -1.88. The average Bonchev–Trinajstić information content (AvgIpc) is 2.46. The van der Waals surface area contributed by atoms with Crippen molar-refractivity contribution in [3.63, 3.8) is 0 Å². The minimum absolute atomic E-state index is 0.167. The highest BCUT2D eigenvalue weighted by molar-refractivity contribution is 7.92. The summed E-state index contributed by atoms with van der Waals surface area (Å²) in [7, 11) is -3.74. The van der Waals surface area contributed by atoms with Gasteiger partial charge in [0, 0.05) is 0 Å². The lowest BCUT2D eigenvalue weighted by molar-refractivity contribution is 0.499. The van der Waals surface area contributed by atoms with Crippen LogP contribution in [-0.4, -0.2) is 21.6 Å². The average molecular weight is 293 g/mol. The van der Waals surface area contributed by atoms with Crippen LogP contribution in [0.4, 0.5) is 10.1 Å². The smallest absolute Gasteiger partial charge is 0.264 e. The zero-order valence-corrected chi connectivity index (χ0v) is 12.0. The number of alkyl halides is 1. The lowest BCUT2D eigenvalue weighted by atomic mass is 10.2. The molecular weight excluding hydrogens is 277 g/mol. The molecule has 0 saturated carbocycles. The number of benzene rings is 2. The molecule has 0 N–H and O–H groups in total. The molecule has 3 nitrogen and oxygen atoms in total. The van der Waals surface area contributed by atoms with Crippen molar-refractivity contribution < 1.29 is 12.8 Å². The van der Waals surface area contributed by atoms with Crippen molar-refractivity contribution in [2.75, 3.05) is 17.5 Å². The Balaban J connectivity index is 2.45. The van der Waals surface area contributed by atoms with Gasteiger partial charge in [0.05, 0.1) is 17.1 Å².